The third-order valence-electron chi connectivity index (χ3n) is 3.32. The van der Waals surface area contributed by atoms with E-state index in [1.54, 1.807) is 20.8 Å². The summed E-state index contributed by atoms with van der Waals surface area (Å²) >= 11 is 0. The fourth-order valence-corrected chi connectivity index (χ4v) is 2.15. The molecule has 1 aromatic rings. The molecule has 24 heavy (non-hydrogen) atoms. The molecule has 3 N–H and O–H groups in total. The Bertz CT molecular complexity index is 538. The number of alkyl carbamates (subject to hydrolysis) is 1. The maximum atomic E-state index is 12.5. The van der Waals surface area contributed by atoms with Gasteiger partial charge in [-0.3, -0.25) is 4.79 Å². The molecule has 0 aromatic heterocycles. The van der Waals surface area contributed by atoms with E-state index >= 15 is 0 Å². The van der Waals surface area contributed by atoms with Crippen molar-refractivity contribution in [3.05, 3.63) is 35.9 Å². The maximum Gasteiger partial charge on any atom is 0.408 e. The van der Waals surface area contributed by atoms with Crippen LogP contribution in [0.3, 0.4) is 0 Å². The molecule has 0 aliphatic heterocycles. The average molecular weight is 336 g/mol. The van der Waals surface area contributed by atoms with Crippen LogP contribution in [0.25, 0.3) is 0 Å². The lowest BCUT2D eigenvalue weighted by Crippen LogP contribution is -2.51. The van der Waals surface area contributed by atoms with E-state index in [1.807, 2.05) is 44.2 Å². The molecule has 134 valence electrons. The first-order valence-electron chi connectivity index (χ1n) is 8.09. The van der Waals surface area contributed by atoms with Crippen LogP contribution in [0.15, 0.2) is 30.3 Å². The lowest BCUT2D eigenvalue weighted by atomic mass is 10.0. The summed E-state index contributed by atoms with van der Waals surface area (Å²) in [5.41, 5.74) is 0.160. The molecule has 0 bridgehead atoms. The number of nitrogens with one attached hydrogen (secondary N) is 2. The number of rotatable bonds is 6. The highest BCUT2D eigenvalue weighted by atomic mass is 16.6. The number of benzene rings is 1. The molecule has 0 aliphatic carbocycles. The Morgan fingerprint density at radius 2 is 1.71 bits per heavy atom. The third-order valence-corrected chi connectivity index (χ3v) is 3.32. The summed E-state index contributed by atoms with van der Waals surface area (Å²) in [4.78, 5) is 24.5. The second kappa shape index (κ2) is 8.68. The summed E-state index contributed by atoms with van der Waals surface area (Å²) in [6.07, 6.45) is -0.642. The number of amides is 2. The van der Waals surface area contributed by atoms with Gasteiger partial charge in [0.1, 0.15) is 11.6 Å². The number of aliphatic hydroxyl groups is 1. The van der Waals surface area contributed by atoms with Crippen LogP contribution in [-0.4, -0.2) is 35.4 Å². The largest absolute Gasteiger partial charge is 0.444 e. The molecule has 6 nitrogen and oxygen atoms in total. The summed E-state index contributed by atoms with van der Waals surface area (Å²) in [5.74, 6) is -0.494. The van der Waals surface area contributed by atoms with Gasteiger partial charge in [0.25, 0.3) is 0 Å². The highest BCUT2D eigenvalue weighted by Gasteiger charge is 2.28. The molecule has 1 rings (SSSR count). The van der Waals surface area contributed by atoms with Crippen LogP contribution in [0.2, 0.25) is 0 Å². The maximum absolute atomic E-state index is 12.5. The van der Waals surface area contributed by atoms with Gasteiger partial charge in [-0.15, -0.1) is 0 Å². The Kier molecular flexibility index (Phi) is 7.22. The predicted octanol–water partition coefficient (Wildman–Crippen LogP) is 2.39. The van der Waals surface area contributed by atoms with Crippen LogP contribution in [0, 0.1) is 5.92 Å². The van der Waals surface area contributed by atoms with Crippen LogP contribution in [0.5, 0.6) is 0 Å². The molecule has 0 saturated heterocycles. The first kappa shape index (κ1) is 20.0. The first-order valence-corrected chi connectivity index (χ1v) is 8.09. The molecule has 0 spiro atoms. The predicted molar refractivity (Wildman–Crippen MR) is 92.4 cm³/mol. The highest BCUT2D eigenvalue weighted by molar-refractivity contribution is 5.86. The normalized spacial score (nSPS) is 14.0. The van der Waals surface area contributed by atoms with Gasteiger partial charge in [0.2, 0.25) is 5.91 Å². The number of carbonyl (C=O) groups is 2. The fraction of sp³-hybridized carbons (Fsp3) is 0.556. The van der Waals surface area contributed by atoms with Gasteiger partial charge in [-0.05, 0) is 32.3 Å². The Morgan fingerprint density at radius 3 is 2.17 bits per heavy atom. The van der Waals surface area contributed by atoms with E-state index in [4.69, 9.17) is 4.74 Å². The van der Waals surface area contributed by atoms with Gasteiger partial charge in [0, 0.05) is 0 Å². The van der Waals surface area contributed by atoms with E-state index in [1.165, 1.54) is 0 Å². The van der Waals surface area contributed by atoms with Crippen LogP contribution in [0.1, 0.15) is 46.2 Å². The fourth-order valence-electron chi connectivity index (χ4n) is 2.15. The second-order valence-electron chi connectivity index (χ2n) is 7.02. The monoisotopic (exact) mass is 336 g/mol. The Morgan fingerprint density at radius 1 is 1.12 bits per heavy atom. The standard InChI is InChI=1S/C18H28N2O4/c1-12(2)15(20-17(23)24-18(3,4)5)16(22)19-14(11-21)13-9-7-6-8-10-13/h6-10,12,14-15,21H,11H2,1-5H3,(H,19,22)(H,20,23)/t14-,15+/m0/s1. The van der Waals surface area contributed by atoms with E-state index in [2.05, 4.69) is 10.6 Å². The summed E-state index contributed by atoms with van der Waals surface area (Å²) in [6.45, 7) is 8.71. The zero-order valence-corrected chi connectivity index (χ0v) is 15.0. The minimum atomic E-state index is -0.752. The van der Waals surface area contributed by atoms with Gasteiger partial charge in [-0.25, -0.2) is 4.79 Å². The Balaban J connectivity index is 2.77. The van der Waals surface area contributed by atoms with Crippen molar-refractivity contribution >= 4 is 12.0 Å². The second-order valence-corrected chi connectivity index (χ2v) is 7.02. The summed E-state index contributed by atoms with van der Waals surface area (Å²) in [5, 5.41) is 14.9. The molecule has 0 heterocycles. The van der Waals surface area contributed by atoms with Gasteiger partial charge in [-0.2, -0.15) is 0 Å². The van der Waals surface area contributed by atoms with Crippen molar-refractivity contribution in [3.8, 4) is 0 Å². The average Bonchev–Trinajstić information content (AvgIpc) is 2.48. The lowest BCUT2D eigenvalue weighted by Gasteiger charge is -2.27. The van der Waals surface area contributed by atoms with Gasteiger partial charge in [0.15, 0.2) is 0 Å². The zero-order valence-electron chi connectivity index (χ0n) is 15.0. The summed E-state index contributed by atoms with van der Waals surface area (Å²) < 4.78 is 5.21. The molecule has 0 unspecified atom stereocenters. The quantitative estimate of drug-likeness (QED) is 0.744. The van der Waals surface area contributed by atoms with Crippen molar-refractivity contribution in [1.82, 2.24) is 10.6 Å². The molecular weight excluding hydrogens is 308 g/mol. The Labute approximate surface area is 143 Å². The SMILES string of the molecule is CC(C)[C@@H](NC(=O)OC(C)(C)C)C(=O)N[C@@H](CO)c1ccccc1. The Hall–Kier alpha value is -2.08. The third kappa shape index (κ3) is 6.58. The van der Waals surface area contributed by atoms with Crippen LogP contribution >= 0.6 is 0 Å². The van der Waals surface area contributed by atoms with Crippen molar-refractivity contribution in [2.45, 2.75) is 52.3 Å². The molecule has 0 radical (unpaired) electrons. The number of hydrogen-bond donors (Lipinski definition) is 3. The van der Waals surface area contributed by atoms with Crippen molar-refractivity contribution < 1.29 is 19.4 Å². The first-order chi connectivity index (χ1) is 11.1. The molecule has 6 heteroatoms. The van der Waals surface area contributed by atoms with Crippen molar-refractivity contribution in [2.75, 3.05) is 6.61 Å². The minimum Gasteiger partial charge on any atom is -0.444 e. The number of hydrogen-bond acceptors (Lipinski definition) is 4. The van der Waals surface area contributed by atoms with Crippen LogP contribution in [0.4, 0.5) is 4.79 Å². The van der Waals surface area contributed by atoms with Crippen molar-refractivity contribution in [1.29, 1.82) is 0 Å². The molecule has 2 amide bonds. The molecule has 0 saturated carbocycles. The lowest BCUT2D eigenvalue weighted by molar-refractivity contribution is -0.125. The summed E-state index contributed by atoms with van der Waals surface area (Å²) in [7, 11) is 0. The number of carbonyl (C=O) groups excluding carboxylic acids is 2. The zero-order chi connectivity index (χ0) is 18.3. The van der Waals surface area contributed by atoms with E-state index < -0.39 is 23.8 Å². The van der Waals surface area contributed by atoms with Gasteiger partial charge < -0.3 is 20.5 Å². The van der Waals surface area contributed by atoms with Crippen LogP contribution in [-0.2, 0) is 9.53 Å². The molecular formula is C18H28N2O4. The van der Waals surface area contributed by atoms with E-state index in [0.29, 0.717) is 0 Å². The molecule has 0 fully saturated rings. The van der Waals surface area contributed by atoms with Crippen LogP contribution < -0.4 is 10.6 Å². The molecule has 1 aromatic carbocycles. The van der Waals surface area contributed by atoms with Gasteiger partial charge >= 0.3 is 6.09 Å². The minimum absolute atomic E-state index is 0.132. The van der Waals surface area contributed by atoms with Gasteiger partial charge in [-0.1, -0.05) is 44.2 Å². The van der Waals surface area contributed by atoms with E-state index in [-0.39, 0.29) is 18.4 Å². The van der Waals surface area contributed by atoms with Crippen molar-refractivity contribution in [3.63, 3.8) is 0 Å². The number of aliphatic hydroxyl groups excluding tert-OH is 1. The highest BCUT2D eigenvalue weighted by Crippen LogP contribution is 2.14. The topological polar surface area (TPSA) is 87.7 Å². The van der Waals surface area contributed by atoms with E-state index in [9.17, 15) is 14.7 Å². The summed E-state index contributed by atoms with van der Waals surface area (Å²) in [6, 6.07) is 7.91. The smallest absolute Gasteiger partial charge is 0.408 e. The van der Waals surface area contributed by atoms with E-state index in [0.717, 1.165) is 5.56 Å². The molecule has 0 aliphatic rings. The molecule has 2 atom stereocenters. The van der Waals surface area contributed by atoms with Gasteiger partial charge in [0.05, 0.1) is 12.6 Å². The number of ether oxygens (including phenoxy) is 1. The van der Waals surface area contributed by atoms with Crippen molar-refractivity contribution in [2.24, 2.45) is 5.92 Å².